The summed E-state index contributed by atoms with van der Waals surface area (Å²) in [6.45, 7) is 2.13. The molecule has 128 valence electrons. The number of pyridine rings is 1. The van der Waals surface area contributed by atoms with Crippen molar-refractivity contribution in [3.8, 4) is 11.4 Å². The van der Waals surface area contributed by atoms with Gasteiger partial charge < -0.3 is 15.8 Å². The Morgan fingerprint density at radius 3 is 2.88 bits per heavy atom. The quantitative estimate of drug-likeness (QED) is 0.829. The molecule has 7 heteroatoms. The van der Waals surface area contributed by atoms with Crippen molar-refractivity contribution in [3.05, 3.63) is 34.8 Å². The number of hydrogen-bond donors (Lipinski definition) is 2. The molecule has 0 saturated carbocycles. The molecular weight excluding hydrogens is 324 g/mol. The van der Waals surface area contributed by atoms with Gasteiger partial charge in [-0.15, -0.1) is 11.3 Å². The summed E-state index contributed by atoms with van der Waals surface area (Å²) in [6.07, 6.45) is 3.85. The van der Waals surface area contributed by atoms with Crippen LogP contribution in [-0.2, 0) is 16.0 Å². The van der Waals surface area contributed by atoms with Crippen molar-refractivity contribution in [1.29, 1.82) is 0 Å². The Morgan fingerprint density at radius 2 is 2.17 bits per heavy atom. The Hall–Kier alpha value is -1.83. The third kappa shape index (κ3) is 3.80. The predicted octanol–water partition coefficient (Wildman–Crippen LogP) is 1.62. The van der Waals surface area contributed by atoms with Crippen LogP contribution in [0.1, 0.15) is 17.8 Å². The van der Waals surface area contributed by atoms with E-state index in [9.17, 15) is 4.79 Å². The first-order valence-electron chi connectivity index (χ1n) is 8.15. The van der Waals surface area contributed by atoms with Crippen LogP contribution < -0.4 is 11.1 Å². The Kier molecular flexibility index (Phi) is 5.55. The number of thiazole rings is 1. The van der Waals surface area contributed by atoms with Crippen LogP contribution in [0, 0.1) is 5.41 Å². The van der Waals surface area contributed by atoms with Gasteiger partial charge in [-0.25, -0.2) is 4.98 Å². The van der Waals surface area contributed by atoms with Crippen molar-refractivity contribution < 1.29 is 9.53 Å². The summed E-state index contributed by atoms with van der Waals surface area (Å²) in [5, 5.41) is 6.01. The molecule has 2 aromatic heterocycles. The van der Waals surface area contributed by atoms with Gasteiger partial charge in [0.05, 0.1) is 21.8 Å². The summed E-state index contributed by atoms with van der Waals surface area (Å²) < 4.78 is 5.35. The van der Waals surface area contributed by atoms with Gasteiger partial charge in [-0.05, 0) is 25.0 Å². The number of ether oxygens (including phenoxy) is 1. The van der Waals surface area contributed by atoms with Gasteiger partial charge in [0.2, 0.25) is 5.91 Å². The molecule has 1 saturated heterocycles. The largest absolute Gasteiger partial charge is 0.381 e. The van der Waals surface area contributed by atoms with E-state index in [0.29, 0.717) is 45.6 Å². The average Bonchev–Trinajstić information content (AvgIpc) is 3.12. The van der Waals surface area contributed by atoms with Crippen molar-refractivity contribution >= 4 is 17.2 Å². The normalized spacial score (nSPS) is 16.7. The molecule has 1 aliphatic rings. The Morgan fingerprint density at radius 1 is 1.33 bits per heavy atom. The number of nitrogens with two attached hydrogens (primary N) is 1. The first kappa shape index (κ1) is 17.0. The first-order valence-corrected chi connectivity index (χ1v) is 9.03. The second-order valence-electron chi connectivity index (χ2n) is 5.94. The number of nitrogens with one attached hydrogen (secondary N) is 1. The molecule has 1 amide bonds. The molecule has 0 spiro atoms. The zero-order valence-corrected chi connectivity index (χ0v) is 14.3. The van der Waals surface area contributed by atoms with Gasteiger partial charge in [0.25, 0.3) is 0 Å². The summed E-state index contributed by atoms with van der Waals surface area (Å²) in [6, 6.07) is 5.77. The molecule has 3 heterocycles. The van der Waals surface area contributed by atoms with E-state index < -0.39 is 5.41 Å². The average molecular weight is 346 g/mol. The van der Waals surface area contributed by atoms with Crippen LogP contribution in [0.25, 0.3) is 11.4 Å². The van der Waals surface area contributed by atoms with Crippen LogP contribution in [0.2, 0.25) is 0 Å². The monoisotopic (exact) mass is 346 g/mol. The molecule has 0 aromatic carbocycles. The minimum absolute atomic E-state index is 0.0369. The lowest BCUT2D eigenvalue weighted by Gasteiger charge is -2.34. The number of carbonyl (C=O) groups is 1. The van der Waals surface area contributed by atoms with Gasteiger partial charge in [0, 0.05) is 44.3 Å². The van der Waals surface area contributed by atoms with Crippen LogP contribution in [0.4, 0.5) is 0 Å². The molecule has 2 aromatic rings. The standard InChI is InChI=1S/C17H22N4O2S/c18-12-17(5-9-23-10-6-17)16(22)20-8-4-15-21-14(11-24-15)13-3-1-2-7-19-13/h1-3,7,11H,4-6,8-10,12,18H2,(H,20,22). The minimum Gasteiger partial charge on any atom is -0.381 e. The van der Waals surface area contributed by atoms with Gasteiger partial charge in [-0.3, -0.25) is 9.78 Å². The summed E-state index contributed by atoms with van der Waals surface area (Å²) in [4.78, 5) is 21.4. The molecule has 1 fully saturated rings. The summed E-state index contributed by atoms with van der Waals surface area (Å²) in [7, 11) is 0. The molecule has 3 rings (SSSR count). The third-order valence-electron chi connectivity index (χ3n) is 4.43. The van der Waals surface area contributed by atoms with E-state index in [1.165, 1.54) is 0 Å². The lowest BCUT2D eigenvalue weighted by molar-refractivity contribution is -0.135. The molecule has 0 radical (unpaired) electrons. The molecular formula is C17H22N4O2S. The van der Waals surface area contributed by atoms with Gasteiger partial charge in [0.1, 0.15) is 0 Å². The fourth-order valence-electron chi connectivity index (χ4n) is 2.81. The van der Waals surface area contributed by atoms with E-state index in [1.807, 2.05) is 23.6 Å². The maximum atomic E-state index is 12.5. The molecule has 3 N–H and O–H groups in total. The SMILES string of the molecule is NCC1(C(=O)NCCc2nc(-c3ccccn3)cs2)CCOCC1. The number of rotatable bonds is 6. The van der Waals surface area contributed by atoms with Crippen molar-refractivity contribution in [1.82, 2.24) is 15.3 Å². The molecule has 0 aliphatic carbocycles. The second kappa shape index (κ2) is 7.83. The summed E-state index contributed by atoms with van der Waals surface area (Å²) >= 11 is 1.59. The molecule has 0 unspecified atom stereocenters. The highest BCUT2D eigenvalue weighted by Crippen LogP contribution is 2.29. The molecule has 1 aliphatic heterocycles. The predicted molar refractivity (Wildman–Crippen MR) is 93.6 cm³/mol. The molecule has 6 nitrogen and oxygen atoms in total. The highest BCUT2D eigenvalue weighted by Gasteiger charge is 2.38. The van der Waals surface area contributed by atoms with Crippen molar-refractivity contribution in [2.45, 2.75) is 19.3 Å². The zero-order valence-electron chi connectivity index (χ0n) is 13.5. The van der Waals surface area contributed by atoms with E-state index >= 15 is 0 Å². The van der Waals surface area contributed by atoms with E-state index in [4.69, 9.17) is 10.5 Å². The highest BCUT2D eigenvalue weighted by molar-refractivity contribution is 7.09. The van der Waals surface area contributed by atoms with E-state index in [0.717, 1.165) is 16.4 Å². The third-order valence-corrected chi connectivity index (χ3v) is 5.33. The fourth-order valence-corrected chi connectivity index (χ4v) is 3.61. The van der Waals surface area contributed by atoms with Crippen LogP contribution in [0.5, 0.6) is 0 Å². The van der Waals surface area contributed by atoms with Gasteiger partial charge in [-0.2, -0.15) is 0 Å². The molecule has 24 heavy (non-hydrogen) atoms. The Bertz CT molecular complexity index is 668. The topological polar surface area (TPSA) is 90.1 Å². The highest BCUT2D eigenvalue weighted by atomic mass is 32.1. The molecule has 0 atom stereocenters. The first-order chi connectivity index (χ1) is 11.7. The lowest BCUT2D eigenvalue weighted by Crippen LogP contribution is -2.49. The minimum atomic E-state index is -0.472. The summed E-state index contributed by atoms with van der Waals surface area (Å²) in [5.74, 6) is 0.0369. The van der Waals surface area contributed by atoms with E-state index in [-0.39, 0.29) is 5.91 Å². The number of amides is 1. The van der Waals surface area contributed by atoms with Crippen molar-refractivity contribution in [3.63, 3.8) is 0 Å². The van der Waals surface area contributed by atoms with Gasteiger partial charge in [-0.1, -0.05) is 6.07 Å². The van der Waals surface area contributed by atoms with Crippen LogP contribution in [0.15, 0.2) is 29.8 Å². The summed E-state index contributed by atoms with van der Waals surface area (Å²) in [5.41, 5.74) is 7.13. The van der Waals surface area contributed by atoms with Crippen LogP contribution in [-0.4, -0.2) is 42.2 Å². The second-order valence-corrected chi connectivity index (χ2v) is 6.89. The maximum Gasteiger partial charge on any atom is 0.227 e. The van der Waals surface area contributed by atoms with Crippen molar-refractivity contribution in [2.75, 3.05) is 26.3 Å². The van der Waals surface area contributed by atoms with Crippen LogP contribution in [0.3, 0.4) is 0 Å². The smallest absolute Gasteiger partial charge is 0.227 e. The van der Waals surface area contributed by atoms with E-state index in [2.05, 4.69) is 15.3 Å². The number of aromatic nitrogens is 2. The van der Waals surface area contributed by atoms with Gasteiger partial charge >= 0.3 is 0 Å². The number of nitrogens with zero attached hydrogens (tertiary/aromatic N) is 2. The number of hydrogen-bond acceptors (Lipinski definition) is 6. The maximum absolute atomic E-state index is 12.5. The Labute approximate surface area is 145 Å². The van der Waals surface area contributed by atoms with Crippen molar-refractivity contribution in [2.24, 2.45) is 11.1 Å². The number of carbonyl (C=O) groups excluding carboxylic acids is 1. The van der Waals surface area contributed by atoms with Gasteiger partial charge in [0.15, 0.2) is 0 Å². The van der Waals surface area contributed by atoms with E-state index in [1.54, 1.807) is 17.5 Å². The molecule has 0 bridgehead atoms. The van der Waals surface area contributed by atoms with Crippen LogP contribution >= 0.6 is 11.3 Å². The Balaban J connectivity index is 1.53. The lowest BCUT2D eigenvalue weighted by atomic mass is 9.79. The fraction of sp³-hybridized carbons (Fsp3) is 0.471. The zero-order chi connectivity index (χ0) is 16.8.